The van der Waals surface area contributed by atoms with Crippen molar-refractivity contribution in [3.05, 3.63) is 16.9 Å². The van der Waals surface area contributed by atoms with Gasteiger partial charge in [0.15, 0.2) is 0 Å². The third-order valence-corrected chi connectivity index (χ3v) is 1.80. The monoisotopic (exact) mass is 260 g/mol. The van der Waals surface area contributed by atoms with Gasteiger partial charge >= 0.3 is 0 Å². The zero-order valence-corrected chi connectivity index (χ0v) is 8.73. The molecule has 7 heteroatoms. The third-order valence-electron chi connectivity index (χ3n) is 1.39. The molecule has 1 aromatic rings. The number of nitrogens with zero attached hydrogens (tertiary/aromatic N) is 2. The van der Waals surface area contributed by atoms with Gasteiger partial charge in [0.05, 0.1) is 11.1 Å². The molecule has 1 rings (SSSR count). The molecule has 0 aliphatic heterocycles. The van der Waals surface area contributed by atoms with Crippen LogP contribution in [0.4, 0.5) is 5.95 Å². The zero-order chi connectivity index (χ0) is 10.6. The van der Waals surface area contributed by atoms with Gasteiger partial charge in [0.25, 0.3) is 0 Å². The maximum Gasteiger partial charge on any atom is 0.246 e. The largest absolute Gasteiger partial charge is 0.394 e. The fourth-order valence-electron chi connectivity index (χ4n) is 0.663. The molecule has 14 heavy (non-hydrogen) atoms. The van der Waals surface area contributed by atoms with Crippen LogP contribution in [-0.2, 0) is 4.79 Å². The molecule has 0 saturated carbocycles. The molecule has 0 saturated heterocycles. The number of nitrogens with one attached hydrogen (secondary N) is 1. The first-order valence-electron chi connectivity index (χ1n) is 3.78. The number of nitrogens with two attached hydrogens (primary N) is 1. The molecule has 0 aromatic carbocycles. The molecule has 0 fully saturated rings. The van der Waals surface area contributed by atoms with E-state index in [4.69, 9.17) is 10.8 Å². The first kappa shape index (κ1) is 11.0. The lowest BCUT2D eigenvalue weighted by molar-refractivity contribution is -0.118. The van der Waals surface area contributed by atoms with E-state index in [0.29, 0.717) is 4.47 Å². The lowest BCUT2D eigenvalue weighted by Crippen LogP contribution is -2.38. The molecule has 0 bridgehead atoms. The number of rotatable bonds is 3. The summed E-state index contributed by atoms with van der Waals surface area (Å²) >= 11 is 3.15. The van der Waals surface area contributed by atoms with E-state index in [9.17, 15) is 4.79 Å². The number of carbonyl (C=O) groups is 1. The number of aliphatic hydroxyl groups excluding tert-OH is 1. The maximum absolute atomic E-state index is 11.1. The molecule has 4 N–H and O–H groups in total. The molecule has 0 radical (unpaired) electrons. The van der Waals surface area contributed by atoms with Gasteiger partial charge in [-0.2, -0.15) is 0 Å². The normalized spacial score (nSPS) is 12.2. The number of aromatic nitrogens is 2. The van der Waals surface area contributed by atoms with Gasteiger partial charge in [0.1, 0.15) is 6.04 Å². The second-order valence-corrected chi connectivity index (χ2v) is 3.42. The summed E-state index contributed by atoms with van der Waals surface area (Å²) in [6.07, 6.45) is 2.99. The van der Waals surface area contributed by atoms with Gasteiger partial charge in [-0.15, -0.1) is 0 Å². The Balaban J connectivity index is 2.60. The van der Waals surface area contributed by atoms with Crippen molar-refractivity contribution in [2.24, 2.45) is 5.73 Å². The highest BCUT2D eigenvalue weighted by molar-refractivity contribution is 9.10. The van der Waals surface area contributed by atoms with E-state index in [2.05, 4.69) is 31.2 Å². The number of carbonyl (C=O) groups excluding carboxylic acids is 1. The van der Waals surface area contributed by atoms with Crippen LogP contribution in [0, 0.1) is 0 Å². The number of anilines is 1. The molecule has 1 aromatic heterocycles. The van der Waals surface area contributed by atoms with Gasteiger partial charge in [-0.25, -0.2) is 9.97 Å². The highest BCUT2D eigenvalue weighted by atomic mass is 79.9. The van der Waals surface area contributed by atoms with Gasteiger partial charge in [-0.1, -0.05) is 0 Å². The van der Waals surface area contributed by atoms with E-state index >= 15 is 0 Å². The molecular weight excluding hydrogens is 252 g/mol. The molecule has 6 nitrogen and oxygen atoms in total. The molecule has 0 aliphatic carbocycles. The van der Waals surface area contributed by atoms with Crippen LogP contribution < -0.4 is 11.1 Å². The highest BCUT2D eigenvalue weighted by Gasteiger charge is 2.12. The molecule has 1 atom stereocenters. The van der Waals surface area contributed by atoms with Gasteiger partial charge < -0.3 is 10.8 Å². The van der Waals surface area contributed by atoms with Crippen LogP contribution in [0.1, 0.15) is 0 Å². The van der Waals surface area contributed by atoms with Crippen LogP contribution in [0.2, 0.25) is 0 Å². The van der Waals surface area contributed by atoms with Gasteiger partial charge in [0.2, 0.25) is 11.9 Å². The fourth-order valence-corrected chi connectivity index (χ4v) is 0.867. The SMILES string of the molecule is N[C@@H](CO)C(=O)Nc1ncc(Br)cn1. The quantitative estimate of drug-likeness (QED) is 0.680. The molecule has 1 amide bonds. The standard InChI is InChI=1S/C7H9BrN4O2/c8-4-1-10-7(11-2-4)12-6(14)5(9)3-13/h1-2,5,13H,3,9H2,(H,10,11,12,14)/t5-/m0/s1. The minimum Gasteiger partial charge on any atom is -0.394 e. The van der Waals surface area contributed by atoms with Crippen molar-refractivity contribution < 1.29 is 9.90 Å². The Morgan fingerprint density at radius 1 is 1.64 bits per heavy atom. The topological polar surface area (TPSA) is 101 Å². The smallest absolute Gasteiger partial charge is 0.246 e. The Morgan fingerprint density at radius 2 is 2.21 bits per heavy atom. The molecule has 1 heterocycles. The maximum atomic E-state index is 11.1. The van der Waals surface area contributed by atoms with Crippen molar-refractivity contribution >= 4 is 27.8 Å². The fraction of sp³-hybridized carbons (Fsp3) is 0.286. The van der Waals surface area contributed by atoms with Crippen molar-refractivity contribution in [2.75, 3.05) is 11.9 Å². The van der Waals surface area contributed by atoms with E-state index in [-0.39, 0.29) is 5.95 Å². The molecule has 0 aliphatic rings. The molecule has 0 unspecified atom stereocenters. The lowest BCUT2D eigenvalue weighted by Gasteiger charge is -2.07. The van der Waals surface area contributed by atoms with Crippen LogP contribution in [-0.4, -0.2) is 33.6 Å². The van der Waals surface area contributed by atoms with Crippen molar-refractivity contribution in [3.63, 3.8) is 0 Å². The summed E-state index contributed by atoms with van der Waals surface area (Å²) in [5, 5.41) is 10.9. The Hall–Kier alpha value is -1.05. The number of hydrogen-bond acceptors (Lipinski definition) is 5. The summed E-state index contributed by atoms with van der Waals surface area (Å²) in [6, 6.07) is -0.956. The van der Waals surface area contributed by atoms with Crippen LogP contribution in [0.5, 0.6) is 0 Å². The Kier molecular flexibility index (Phi) is 3.93. The van der Waals surface area contributed by atoms with E-state index in [1.54, 1.807) is 0 Å². The van der Waals surface area contributed by atoms with Gasteiger partial charge in [-0.3, -0.25) is 10.1 Å². The minimum absolute atomic E-state index is 0.155. The summed E-state index contributed by atoms with van der Waals surface area (Å²) in [5.41, 5.74) is 5.27. The first-order chi connectivity index (χ1) is 6.63. The summed E-state index contributed by atoms with van der Waals surface area (Å²) in [7, 11) is 0. The molecular formula is C7H9BrN4O2. The Bertz CT molecular complexity index is 316. The number of amides is 1. The predicted molar refractivity (Wildman–Crippen MR) is 53.4 cm³/mol. The predicted octanol–water partition coefficient (Wildman–Crippen LogP) is -0.503. The summed E-state index contributed by atoms with van der Waals surface area (Å²) < 4.78 is 0.710. The lowest BCUT2D eigenvalue weighted by atomic mass is 10.3. The van der Waals surface area contributed by atoms with Crippen LogP contribution >= 0.6 is 15.9 Å². The molecule has 76 valence electrons. The van der Waals surface area contributed by atoms with Crippen molar-refractivity contribution in [1.29, 1.82) is 0 Å². The van der Waals surface area contributed by atoms with Crippen molar-refractivity contribution in [1.82, 2.24) is 9.97 Å². The summed E-state index contributed by atoms with van der Waals surface area (Å²) in [4.78, 5) is 18.8. The van der Waals surface area contributed by atoms with Crippen molar-refractivity contribution in [3.8, 4) is 0 Å². The van der Waals surface area contributed by atoms with E-state index in [0.717, 1.165) is 0 Å². The van der Waals surface area contributed by atoms with Crippen LogP contribution in [0.25, 0.3) is 0 Å². The van der Waals surface area contributed by atoms with Crippen molar-refractivity contribution in [2.45, 2.75) is 6.04 Å². The highest BCUT2D eigenvalue weighted by Crippen LogP contribution is 2.06. The van der Waals surface area contributed by atoms with E-state index in [1.165, 1.54) is 12.4 Å². The van der Waals surface area contributed by atoms with Gasteiger partial charge in [-0.05, 0) is 15.9 Å². The van der Waals surface area contributed by atoms with E-state index < -0.39 is 18.6 Å². The Morgan fingerprint density at radius 3 is 2.71 bits per heavy atom. The summed E-state index contributed by atoms with van der Waals surface area (Å²) in [5.74, 6) is -0.364. The number of hydrogen-bond donors (Lipinski definition) is 3. The second-order valence-electron chi connectivity index (χ2n) is 2.50. The summed E-state index contributed by atoms with van der Waals surface area (Å²) in [6.45, 7) is -0.414. The second kappa shape index (κ2) is 4.99. The number of aliphatic hydroxyl groups is 1. The third kappa shape index (κ3) is 3.02. The number of halogens is 1. The van der Waals surface area contributed by atoms with Crippen LogP contribution in [0.15, 0.2) is 16.9 Å². The average molecular weight is 261 g/mol. The average Bonchev–Trinajstić information content (AvgIpc) is 2.20. The van der Waals surface area contributed by atoms with Gasteiger partial charge in [0, 0.05) is 12.4 Å². The zero-order valence-electron chi connectivity index (χ0n) is 7.14. The van der Waals surface area contributed by atoms with Crippen LogP contribution in [0.3, 0.4) is 0 Å². The van der Waals surface area contributed by atoms with E-state index in [1.807, 2.05) is 0 Å². The minimum atomic E-state index is -0.956. The first-order valence-corrected chi connectivity index (χ1v) is 4.57. The Labute approximate surface area is 88.7 Å². The molecule has 0 spiro atoms.